The van der Waals surface area contributed by atoms with Crippen LogP contribution < -0.4 is 4.68 Å². The van der Waals surface area contributed by atoms with Crippen molar-refractivity contribution in [3.63, 3.8) is 0 Å². The lowest BCUT2D eigenvalue weighted by atomic mass is 9.97. The Morgan fingerprint density at radius 3 is 2.17 bits per heavy atom. The van der Waals surface area contributed by atoms with Crippen molar-refractivity contribution in [1.29, 1.82) is 0 Å². The van der Waals surface area contributed by atoms with E-state index in [0.29, 0.717) is 5.69 Å². The first-order valence-electron chi connectivity index (χ1n) is 5.96. The van der Waals surface area contributed by atoms with Crippen molar-refractivity contribution in [3.8, 4) is 0 Å². The Kier molecular flexibility index (Phi) is 2.61. The number of nitrogens with zero attached hydrogens (tertiary/aromatic N) is 2. The van der Waals surface area contributed by atoms with Crippen molar-refractivity contribution in [2.75, 3.05) is 0 Å². The van der Waals surface area contributed by atoms with Crippen molar-refractivity contribution in [2.24, 2.45) is 7.05 Å². The van der Waals surface area contributed by atoms with Gasteiger partial charge >= 0.3 is 0 Å². The van der Waals surface area contributed by atoms with Crippen LogP contribution in [0.3, 0.4) is 0 Å². The molecule has 4 heteroatoms. The third-order valence-electron chi connectivity index (χ3n) is 3.50. The van der Waals surface area contributed by atoms with Crippen LogP contribution in [0.25, 0.3) is 0 Å². The van der Waals surface area contributed by atoms with E-state index in [2.05, 4.69) is 5.10 Å². The van der Waals surface area contributed by atoms with Gasteiger partial charge in [-0.1, -0.05) is 28.9 Å². The molecule has 18 heavy (non-hydrogen) atoms. The van der Waals surface area contributed by atoms with Gasteiger partial charge < -0.3 is 10.2 Å². The maximum absolute atomic E-state index is 10.3. The van der Waals surface area contributed by atoms with Crippen molar-refractivity contribution in [1.82, 2.24) is 5.10 Å². The summed E-state index contributed by atoms with van der Waals surface area (Å²) in [6.07, 6.45) is 0.418. The van der Waals surface area contributed by atoms with Crippen molar-refractivity contribution in [2.45, 2.75) is 18.1 Å². The average Bonchev–Trinajstić information content (AvgIpc) is 2.63. The number of aryl methyl sites for hydroxylation is 1. The Bertz CT molecular complexity index is 557. The predicted octanol–water partition coefficient (Wildman–Crippen LogP) is 0.770. The van der Waals surface area contributed by atoms with Crippen LogP contribution in [-0.4, -0.2) is 15.3 Å². The maximum atomic E-state index is 10.3. The van der Waals surface area contributed by atoms with E-state index in [1.54, 1.807) is 4.68 Å². The predicted molar refractivity (Wildman–Crippen MR) is 64.5 cm³/mol. The lowest BCUT2D eigenvalue weighted by Gasteiger charge is -2.16. The molecule has 1 aliphatic carbocycles. The lowest BCUT2D eigenvalue weighted by molar-refractivity contribution is -0.731. The molecular weight excluding hydrogens is 228 g/mol. The van der Waals surface area contributed by atoms with Crippen molar-refractivity contribution in [3.05, 3.63) is 59.4 Å². The molecule has 0 aliphatic heterocycles. The van der Waals surface area contributed by atoms with Gasteiger partial charge in [0.05, 0.1) is 18.1 Å². The second-order valence-electron chi connectivity index (χ2n) is 4.65. The van der Waals surface area contributed by atoms with Crippen molar-refractivity contribution >= 4 is 0 Å². The standard InChI is InChI=1S/C14H15N2O2/c1-16-8-4-7-11(15-16)12-13(17)9-5-2-3-6-10(9)14(12)18/h2-8,12-14,17-18H,1H3/q+1. The molecule has 2 atom stereocenters. The molecule has 2 unspecified atom stereocenters. The van der Waals surface area contributed by atoms with Crippen LogP contribution in [0.4, 0.5) is 0 Å². The van der Waals surface area contributed by atoms with Crippen LogP contribution in [0, 0.1) is 0 Å². The molecule has 1 aromatic carbocycles. The second kappa shape index (κ2) is 4.15. The van der Waals surface area contributed by atoms with Gasteiger partial charge in [-0.2, -0.15) is 0 Å². The minimum Gasteiger partial charge on any atom is -0.388 e. The van der Waals surface area contributed by atoms with Gasteiger partial charge in [-0.25, -0.2) is 0 Å². The van der Waals surface area contributed by atoms with Crippen LogP contribution in [0.1, 0.15) is 34.9 Å². The van der Waals surface area contributed by atoms with Gasteiger partial charge in [-0.3, -0.25) is 0 Å². The molecule has 1 heterocycles. The number of benzene rings is 1. The fourth-order valence-corrected chi connectivity index (χ4v) is 2.63. The smallest absolute Gasteiger partial charge is 0.196 e. The third-order valence-corrected chi connectivity index (χ3v) is 3.50. The molecule has 92 valence electrons. The molecule has 0 fully saturated rings. The summed E-state index contributed by atoms with van der Waals surface area (Å²) in [4.78, 5) is 0. The Morgan fingerprint density at radius 1 is 1.00 bits per heavy atom. The highest BCUT2D eigenvalue weighted by Crippen LogP contribution is 2.48. The molecule has 1 aliphatic rings. The zero-order valence-corrected chi connectivity index (χ0v) is 10.1. The van der Waals surface area contributed by atoms with Gasteiger partial charge in [-0.05, 0) is 22.3 Å². The summed E-state index contributed by atoms with van der Waals surface area (Å²) in [6.45, 7) is 0. The van der Waals surface area contributed by atoms with E-state index in [9.17, 15) is 10.2 Å². The van der Waals surface area contributed by atoms with Gasteiger partial charge in [0, 0.05) is 6.07 Å². The number of hydrogen-bond donors (Lipinski definition) is 2. The minimum atomic E-state index is -0.703. The quantitative estimate of drug-likeness (QED) is 0.727. The lowest BCUT2D eigenvalue weighted by Crippen LogP contribution is -2.34. The topological polar surface area (TPSA) is 57.2 Å². The summed E-state index contributed by atoms with van der Waals surface area (Å²) in [5.74, 6) is -0.394. The number of aliphatic hydroxyl groups excluding tert-OH is 2. The molecule has 0 saturated heterocycles. The van der Waals surface area contributed by atoms with E-state index in [-0.39, 0.29) is 0 Å². The minimum absolute atomic E-state index is 0.394. The van der Waals surface area contributed by atoms with E-state index in [1.807, 2.05) is 49.6 Å². The number of aliphatic hydroxyl groups is 2. The van der Waals surface area contributed by atoms with E-state index in [1.165, 1.54) is 0 Å². The molecule has 1 aromatic heterocycles. The molecular formula is C14H15N2O2+. The highest BCUT2D eigenvalue weighted by atomic mass is 16.3. The van der Waals surface area contributed by atoms with E-state index < -0.39 is 18.1 Å². The Labute approximate surface area is 105 Å². The molecule has 2 N–H and O–H groups in total. The molecule has 0 saturated carbocycles. The van der Waals surface area contributed by atoms with Crippen LogP contribution in [0.15, 0.2) is 42.6 Å². The first-order valence-corrected chi connectivity index (χ1v) is 5.96. The van der Waals surface area contributed by atoms with E-state index in [4.69, 9.17) is 0 Å². The summed E-state index contributed by atoms with van der Waals surface area (Å²) in [6, 6.07) is 11.2. The van der Waals surface area contributed by atoms with Crippen LogP contribution in [0.2, 0.25) is 0 Å². The summed E-state index contributed by atoms with van der Waals surface area (Å²) >= 11 is 0. The van der Waals surface area contributed by atoms with Gasteiger partial charge in [0.25, 0.3) is 0 Å². The zero-order chi connectivity index (χ0) is 12.7. The SMILES string of the molecule is C[n+]1cccc(C2C(O)c3ccccc3C2O)n1. The maximum Gasteiger partial charge on any atom is 0.196 e. The molecule has 0 radical (unpaired) electrons. The van der Waals surface area contributed by atoms with Crippen molar-refractivity contribution < 1.29 is 14.9 Å². The summed E-state index contributed by atoms with van der Waals surface area (Å²) in [5.41, 5.74) is 2.29. The van der Waals surface area contributed by atoms with Gasteiger partial charge in [0.1, 0.15) is 5.69 Å². The van der Waals surface area contributed by atoms with Crippen LogP contribution in [0.5, 0.6) is 0 Å². The van der Waals surface area contributed by atoms with E-state index >= 15 is 0 Å². The second-order valence-corrected chi connectivity index (χ2v) is 4.65. The Balaban J connectivity index is 2.06. The first-order chi connectivity index (χ1) is 8.68. The number of rotatable bonds is 1. The molecule has 4 nitrogen and oxygen atoms in total. The zero-order valence-electron chi connectivity index (χ0n) is 10.1. The van der Waals surface area contributed by atoms with E-state index in [0.717, 1.165) is 11.1 Å². The average molecular weight is 243 g/mol. The third kappa shape index (κ3) is 1.62. The van der Waals surface area contributed by atoms with Gasteiger partial charge in [-0.15, -0.1) is 0 Å². The summed E-state index contributed by atoms with van der Waals surface area (Å²) in [7, 11) is 1.82. The molecule has 3 rings (SSSR count). The number of aromatic nitrogens is 2. The molecule has 0 amide bonds. The monoisotopic (exact) mass is 243 g/mol. The molecule has 0 spiro atoms. The first kappa shape index (κ1) is 11.3. The van der Waals surface area contributed by atoms with Crippen LogP contribution >= 0.6 is 0 Å². The molecule has 2 aromatic rings. The highest BCUT2D eigenvalue weighted by Gasteiger charge is 2.41. The Hall–Kier alpha value is -1.78. The van der Waals surface area contributed by atoms with Crippen LogP contribution in [-0.2, 0) is 7.05 Å². The summed E-state index contributed by atoms with van der Waals surface area (Å²) < 4.78 is 1.68. The highest BCUT2D eigenvalue weighted by molar-refractivity contribution is 5.40. The molecule has 0 bridgehead atoms. The normalized spacial score (nSPS) is 26.1. The fourth-order valence-electron chi connectivity index (χ4n) is 2.63. The van der Waals surface area contributed by atoms with Gasteiger partial charge in [0.2, 0.25) is 0 Å². The largest absolute Gasteiger partial charge is 0.388 e. The number of fused-ring (bicyclic) bond motifs is 1. The summed E-state index contributed by atoms with van der Waals surface area (Å²) in [5, 5.41) is 25.0. The van der Waals surface area contributed by atoms with Gasteiger partial charge in [0.15, 0.2) is 13.2 Å². The fraction of sp³-hybridized carbons (Fsp3) is 0.286. The Morgan fingerprint density at radius 2 is 1.61 bits per heavy atom. The number of hydrogen-bond acceptors (Lipinski definition) is 3.